The van der Waals surface area contributed by atoms with Crippen LogP contribution in [0.4, 0.5) is 14.5 Å². The lowest BCUT2D eigenvalue weighted by atomic mass is 10.1. The lowest BCUT2D eigenvalue weighted by Crippen LogP contribution is -2.46. The zero-order chi connectivity index (χ0) is 16.2. The van der Waals surface area contributed by atoms with Gasteiger partial charge in [0, 0.05) is 45.1 Å². The summed E-state index contributed by atoms with van der Waals surface area (Å²) in [5.74, 6) is -1.35. The molecule has 1 fully saturated rings. The molecule has 0 radical (unpaired) electrons. The highest BCUT2D eigenvalue weighted by atomic mass is 19.1. The zero-order valence-corrected chi connectivity index (χ0v) is 12.5. The third-order valence-electron chi connectivity index (χ3n) is 3.99. The van der Waals surface area contributed by atoms with Crippen molar-refractivity contribution in [2.75, 3.05) is 31.1 Å². The van der Waals surface area contributed by atoms with E-state index in [9.17, 15) is 8.78 Å². The van der Waals surface area contributed by atoms with Gasteiger partial charge in [0.25, 0.3) is 0 Å². The van der Waals surface area contributed by atoms with Crippen LogP contribution < -0.4 is 4.90 Å². The largest absolute Gasteiger partial charge is 0.364 e. The van der Waals surface area contributed by atoms with E-state index in [1.807, 2.05) is 12.1 Å². The fraction of sp³-hybridized carbons (Fsp3) is 0.294. The van der Waals surface area contributed by atoms with Crippen LogP contribution in [0.2, 0.25) is 0 Å². The van der Waals surface area contributed by atoms with Crippen LogP contribution in [0.15, 0.2) is 36.7 Å². The Morgan fingerprint density at radius 3 is 2.22 bits per heavy atom. The van der Waals surface area contributed by atoms with E-state index in [-0.39, 0.29) is 11.3 Å². The summed E-state index contributed by atoms with van der Waals surface area (Å²) in [5, 5.41) is 8.75. The summed E-state index contributed by atoms with van der Waals surface area (Å²) in [6, 6.07) is 7.86. The van der Waals surface area contributed by atoms with E-state index in [1.165, 1.54) is 5.56 Å². The van der Waals surface area contributed by atoms with Crippen molar-refractivity contribution in [3.05, 3.63) is 59.4 Å². The van der Waals surface area contributed by atoms with E-state index in [0.717, 1.165) is 31.8 Å². The molecule has 1 saturated heterocycles. The lowest BCUT2D eigenvalue weighted by Gasteiger charge is -2.36. The molecule has 1 aliphatic heterocycles. The number of aromatic nitrogens is 1. The number of halogens is 2. The van der Waals surface area contributed by atoms with Crippen molar-refractivity contribution in [3.63, 3.8) is 0 Å². The quantitative estimate of drug-likeness (QED) is 0.873. The Labute approximate surface area is 133 Å². The molecular weight excluding hydrogens is 298 g/mol. The first-order chi connectivity index (χ1) is 11.2. The Balaban J connectivity index is 1.67. The molecule has 0 saturated carbocycles. The standard InChI is InChI=1S/C17H16F2N4/c18-15-9-14(11-20)10-16(19)17(15)23-7-5-22(6-8-23)12-13-1-3-21-4-2-13/h1-4,9-10H,5-8,12H2. The maximum absolute atomic E-state index is 14.1. The smallest absolute Gasteiger partial charge is 0.150 e. The molecule has 1 aliphatic rings. The average Bonchev–Trinajstić information content (AvgIpc) is 2.56. The van der Waals surface area contributed by atoms with Gasteiger partial charge in [-0.3, -0.25) is 9.88 Å². The van der Waals surface area contributed by atoms with Crippen LogP contribution in [-0.2, 0) is 6.54 Å². The van der Waals surface area contributed by atoms with Crippen LogP contribution in [0.5, 0.6) is 0 Å². The molecule has 1 aromatic carbocycles. The van der Waals surface area contributed by atoms with E-state index in [2.05, 4.69) is 9.88 Å². The van der Waals surface area contributed by atoms with E-state index < -0.39 is 11.6 Å². The molecule has 0 N–H and O–H groups in total. The average molecular weight is 314 g/mol. The molecule has 0 bridgehead atoms. The van der Waals surface area contributed by atoms with Crippen LogP contribution in [0.1, 0.15) is 11.1 Å². The van der Waals surface area contributed by atoms with Crippen molar-refractivity contribution in [2.45, 2.75) is 6.54 Å². The highest BCUT2D eigenvalue weighted by Gasteiger charge is 2.23. The van der Waals surface area contributed by atoms with Crippen LogP contribution in [0, 0.1) is 23.0 Å². The maximum Gasteiger partial charge on any atom is 0.150 e. The Morgan fingerprint density at radius 2 is 1.65 bits per heavy atom. The van der Waals surface area contributed by atoms with Crippen LogP contribution in [0.25, 0.3) is 0 Å². The van der Waals surface area contributed by atoms with Crippen molar-refractivity contribution in [1.29, 1.82) is 5.26 Å². The minimum Gasteiger partial charge on any atom is -0.364 e. The third-order valence-corrected chi connectivity index (χ3v) is 3.99. The fourth-order valence-electron chi connectivity index (χ4n) is 2.81. The monoisotopic (exact) mass is 314 g/mol. The topological polar surface area (TPSA) is 43.2 Å². The van der Waals surface area contributed by atoms with Gasteiger partial charge in [0.05, 0.1) is 11.6 Å². The molecule has 2 heterocycles. The fourth-order valence-corrected chi connectivity index (χ4v) is 2.81. The summed E-state index contributed by atoms with van der Waals surface area (Å²) in [6.07, 6.45) is 3.51. The summed E-state index contributed by atoms with van der Waals surface area (Å²) in [4.78, 5) is 7.94. The molecule has 118 valence electrons. The maximum atomic E-state index is 14.1. The normalized spacial score (nSPS) is 15.4. The number of benzene rings is 1. The van der Waals surface area contributed by atoms with E-state index in [0.29, 0.717) is 13.1 Å². The molecule has 0 spiro atoms. The number of anilines is 1. The van der Waals surface area contributed by atoms with Gasteiger partial charge in [-0.2, -0.15) is 5.26 Å². The predicted molar refractivity (Wildman–Crippen MR) is 82.8 cm³/mol. The molecule has 2 aromatic rings. The Bertz CT molecular complexity index is 696. The molecule has 3 rings (SSSR count). The highest BCUT2D eigenvalue weighted by molar-refractivity contribution is 5.53. The van der Waals surface area contributed by atoms with Crippen molar-refractivity contribution < 1.29 is 8.78 Å². The van der Waals surface area contributed by atoms with Gasteiger partial charge in [0.1, 0.15) is 5.69 Å². The number of rotatable bonds is 3. The second-order valence-electron chi connectivity index (χ2n) is 5.52. The van der Waals surface area contributed by atoms with Crippen molar-refractivity contribution in [1.82, 2.24) is 9.88 Å². The number of hydrogen-bond donors (Lipinski definition) is 0. The third kappa shape index (κ3) is 3.46. The minimum absolute atomic E-state index is 0.0000676. The van der Waals surface area contributed by atoms with Gasteiger partial charge in [-0.25, -0.2) is 8.78 Å². The number of nitrogens with zero attached hydrogens (tertiary/aromatic N) is 4. The molecule has 0 unspecified atom stereocenters. The highest BCUT2D eigenvalue weighted by Crippen LogP contribution is 2.26. The van der Waals surface area contributed by atoms with Crippen LogP contribution in [0.3, 0.4) is 0 Å². The van der Waals surface area contributed by atoms with E-state index >= 15 is 0 Å². The summed E-state index contributed by atoms with van der Waals surface area (Å²) >= 11 is 0. The lowest BCUT2D eigenvalue weighted by molar-refractivity contribution is 0.248. The number of pyridine rings is 1. The molecule has 23 heavy (non-hydrogen) atoms. The van der Waals surface area contributed by atoms with E-state index in [1.54, 1.807) is 23.4 Å². The molecule has 0 aliphatic carbocycles. The summed E-state index contributed by atoms with van der Waals surface area (Å²) in [6.45, 7) is 3.34. The van der Waals surface area contributed by atoms with Crippen LogP contribution >= 0.6 is 0 Å². The Hall–Kier alpha value is -2.52. The number of piperazine rings is 1. The number of hydrogen-bond acceptors (Lipinski definition) is 4. The van der Waals surface area contributed by atoms with Gasteiger partial charge < -0.3 is 4.90 Å². The van der Waals surface area contributed by atoms with Gasteiger partial charge in [-0.1, -0.05) is 0 Å². The summed E-state index contributed by atoms with van der Waals surface area (Å²) in [5.41, 5.74) is 1.14. The molecule has 0 amide bonds. The van der Waals surface area contributed by atoms with Gasteiger partial charge in [-0.05, 0) is 29.8 Å². The second kappa shape index (κ2) is 6.71. The molecule has 1 aromatic heterocycles. The first kappa shape index (κ1) is 15.4. The van der Waals surface area contributed by atoms with Gasteiger partial charge in [0.15, 0.2) is 11.6 Å². The molecular formula is C17H16F2N4. The minimum atomic E-state index is -0.677. The predicted octanol–water partition coefficient (Wildman–Crippen LogP) is 2.55. The number of nitriles is 1. The van der Waals surface area contributed by atoms with Crippen molar-refractivity contribution in [3.8, 4) is 6.07 Å². The first-order valence-corrected chi connectivity index (χ1v) is 7.42. The zero-order valence-electron chi connectivity index (χ0n) is 12.5. The summed E-state index contributed by atoms with van der Waals surface area (Å²) < 4.78 is 28.1. The van der Waals surface area contributed by atoms with Gasteiger partial charge in [0.2, 0.25) is 0 Å². The van der Waals surface area contributed by atoms with Crippen molar-refractivity contribution >= 4 is 5.69 Å². The second-order valence-corrected chi connectivity index (χ2v) is 5.52. The SMILES string of the molecule is N#Cc1cc(F)c(N2CCN(Cc3ccncc3)CC2)c(F)c1. The Morgan fingerprint density at radius 1 is 1.04 bits per heavy atom. The molecule has 6 heteroatoms. The first-order valence-electron chi connectivity index (χ1n) is 7.42. The Kier molecular flexibility index (Phi) is 4.49. The van der Waals surface area contributed by atoms with Gasteiger partial charge >= 0.3 is 0 Å². The summed E-state index contributed by atoms with van der Waals surface area (Å²) in [7, 11) is 0. The molecule has 0 atom stereocenters. The van der Waals surface area contributed by atoms with Crippen LogP contribution in [-0.4, -0.2) is 36.1 Å². The van der Waals surface area contributed by atoms with Gasteiger partial charge in [-0.15, -0.1) is 0 Å². The van der Waals surface area contributed by atoms with E-state index in [4.69, 9.17) is 5.26 Å². The van der Waals surface area contributed by atoms with Crippen molar-refractivity contribution in [2.24, 2.45) is 0 Å². The molecule has 4 nitrogen and oxygen atoms in total.